The standard InChI is InChI=1S/C32H36N6O4.C7H9O4P/c1-3-15-36-20-29(40)37-21-28(39)35(19-27(37)38(36)32(42)33-16-22-9-6-5-7-10-22)17-24-11-8-12-25-26(31(41)23-13-14-23)18-34(4-2)30(24)25;1-6-2-4-7(5-3-6)11-12(8,9)10/h3,5-12,18,23,27H,1,4,13-17,19-21H2,2H3,(H,33,42);2-5H,1H3,(H2,8,9,10)/t27-;/m0./s1. The Morgan fingerprint density at radius 1 is 0.981 bits per heavy atom. The fraction of sp³-hybridized carbons (Fsp3) is 0.333. The fourth-order valence-electron chi connectivity index (χ4n) is 6.82. The SMILES string of the molecule is C=CCN1CC(=O)N2CC(=O)N(Cc3cccc4c(C(=O)C5CC5)cn(CC)c34)C[C@@H]2N1C(=O)NCc1ccccc1.Cc1ccc(OP(=O)(O)O)cc1. The van der Waals surface area contributed by atoms with Gasteiger partial charge in [0.25, 0.3) is 0 Å². The highest BCUT2D eigenvalue weighted by molar-refractivity contribution is 7.46. The molecule has 15 heteroatoms. The van der Waals surface area contributed by atoms with Gasteiger partial charge >= 0.3 is 13.9 Å². The first-order valence-electron chi connectivity index (χ1n) is 17.9. The first-order valence-corrected chi connectivity index (χ1v) is 19.4. The Balaban J connectivity index is 0.000000354. The third-order valence-corrected chi connectivity index (χ3v) is 10.1. The molecule has 3 fully saturated rings. The summed E-state index contributed by atoms with van der Waals surface area (Å²) in [5, 5.41) is 7.14. The number of aryl methyl sites for hydroxylation is 2. The van der Waals surface area contributed by atoms with Gasteiger partial charge in [-0.15, -0.1) is 6.58 Å². The maximum absolute atomic E-state index is 13.6. The second-order valence-electron chi connectivity index (χ2n) is 13.6. The second-order valence-corrected chi connectivity index (χ2v) is 14.7. The Labute approximate surface area is 313 Å². The van der Waals surface area contributed by atoms with Crippen LogP contribution in [-0.4, -0.2) is 90.1 Å². The van der Waals surface area contributed by atoms with Crippen molar-refractivity contribution in [2.45, 2.75) is 52.5 Å². The van der Waals surface area contributed by atoms with Crippen LogP contribution in [0.5, 0.6) is 5.75 Å². The Hall–Kier alpha value is -5.27. The molecule has 1 aliphatic carbocycles. The monoisotopic (exact) mass is 756 g/mol. The Morgan fingerprint density at radius 2 is 1.70 bits per heavy atom. The topological polar surface area (TPSA) is 165 Å². The predicted octanol–water partition coefficient (Wildman–Crippen LogP) is 4.85. The van der Waals surface area contributed by atoms with Crippen LogP contribution < -0.4 is 9.84 Å². The van der Waals surface area contributed by atoms with Gasteiger partial charge in [-0.3, -0.25) is 24.2 Å². The minimum atomic E-state index is -4.40. The van der Waals surface area contributed by atoms with Crippen LogP contribution in [0.15, 0.2) is 91.6 Å². The number of carbonyl (C=O) groups excluding carboxylic acids is 4. The summed E-state index contributed by atoms with van der Waals surface area (Å²) in [4.78, 5) is 73.3. The molecule has 0 spiro atoms. The molecule has 4 aromatic rings. The minimum Gasteiger partial charge on any atom is -0.404 e. The van der Waals surface area contributed by atoms with E-state index in [4.69, 9.17) is 9.79 Å². The van der Waals surface area contributed by atoms with Crippen LogP contribution >= 0.6 is 7.82 Å². The molecule has 1 aromatic heterocycles. The average molecular weight is 757 g/mol. The molecule has 3 aromatic carbocycles. The van der Waals surface area contributed by atoms with Gasteiger partial charge in [0.05, 0.1) is 18.6 Å². The summed E-state index contributed by atoms with van der Waals surface area (Å²) in [5.74, 6) is 0.0956. The molecule has 14 nitrogen and oxygen atoms in total. The molecular weight excluding hydrogens is 711 g/mol. The Kier molecular flexibility index (Phi) is 11.7. The molecular formula is C39H45N6O8P. The van der Waals surface area contributed by atoms with E-state index in [1.54, 1.807) is 33.1 Å². The summed E-state index contributed by atoms with van der Waals surface area (Å²) in [5.41, 5.74) is 4.58. The third kappa shape index (κ3) is 8.91. The number of benzene rings is 3. The highest BCUT2D eigenvalue weighted by Gasteiger charge is 2.46. The molecule has 3 aliphatic rings. The van der Waals surface area contributed by atoms with Gasteiger partial charge in [0, 0.05) is 49.2 Å². The van der Waals surface area contributed by atoms with Crippen molar-refractivity contribution in [3.05, 3.63) is 114 Å². The summed E-state index contributed by atoms with van der Waals surface area (Å²) in [6.07, 6.45) is 4.82. The number of nitrogens with one attached hydrogen (secondary N) is 1. The van der Waals surface area contributed by atoms with Gasteiger partial charge in [0.2, 0.25) is 11.8 Å². The van der Waals surface area contributed by atoms with Gasteiger partial charge in [-0.1, -0.05) is 72.3 Å². The van der Waals surface area contributed by atoms with E-state index in [9.17, 15) is 23.7 Å². The Morgan fingerprint density at radius 3 is 2.35 bits per heavy atom. The van der Waals surface area contributed by atoms with Crippen LogP contribution in [0.1, 0.15) is 46.8 Å². The molecule has 0 unspecified atom stereocenters. The number of hydrogen-bond donors (Lipinski definition) is 3. The van der Waals surface area contributed by atoms with Crippen molar-refractivity contribution in [3.8, 4) is 5.75 Å². The van der Waals surface area contributed by atoms with E-state index in [1.807, 2.05) is 68.6 Å². The van der Waals surface area contributed by atoms with E-state index in [1.165, 1.54) is 17.0 Å². The maximum Gasteiger partial charge on any atom is 0.524 e. The van der Waals surface area contributed by atoms with Crippen LogP contribution in [0.25, 0.3) is 10.9 Å². The number of phosphoric ester groups is 1. The lowest BCUT2D eigenvalue weighted by molar-refractivity contribution is -0.180. The molecule has 0 radical (unpaired) electrons. The summed E-state index contributed by atoms with van der Waals surface area (Å²) < 4.78 is 16.8. The lowest BCUT2D eigenvalue weighted by Gasteiger charge is -2.52. The number of fused-ring (bicyclic) bond motifs is 2. The minimum absolute atomic E-state index is 0.0182. The number of rotatable bonds is 11. The number of hydrazine groups is 1. The second kappa shape index (κ2) is 16.4. The molecule has 2 aliphatic heterocycles. The molecule has 1 saturated carbocycles. The zero-order valence-electron chi connectivity index (χ0n) is 30.3. The van der Waals surface area contributed by atoms with Crippen molar-refractivity contribution in [2.24, 2.45) is 5.92 Å². The predicted molar refractivity (Wildman–Crippen MR) is 202 cm³/mol. The zero-order valence-corrected chi connectivity index (χ0v) is 31.2. The van der Waals surface area contributed by atoms with E-state index in [0.717, 1.165) is 46.0 Å². The number of nitrogens with zero attached hydrogens (tertiary/aromatic N) is 5. The van der Waals surface area contributed by atoms with Crippen LogP contribution in [0.2, 0.25) is 0 Å². The van der Waals surface area contributed by atoms with Crippen molar-refractivity contribution in [2.75, 3.05) is 26.2 Å². The Bertz CT molecular complexity index is 2080. The number of urea groups is 1. The smallest absolute Gasteiger partial charge is 0.404 e. The number of ketones is 1. The van der Waals surface area contributed by atoms with Crippen LogP contribution in [0.3, 0.4) is 0 Å². The van der Waals surface area contributed by atoms with Crippen molar-refractivity contribution in [1.29, 1.82) is 0 Å². The van der Waals surface area contributed by atoms with E-state index in [2.05, 4.69) is 21.0 Å². The number of piperazine rings is 1. The zero-order chi connectivity index (χ0) is 38.6. The number of carbonyl (C=O) groups is 4. The molecule has 2 saturated heterocycles. The first-order chi connectivity index (χ1) is 25.9. The average Bonchev–Trinajstić information content (AvgIpc) is 3.93. The molecule has 54 heavy (non-hydrogen) atoms. The van der Waals surface area contributed by atoms with Gasteiger partial charge in [-0.25, -0.2) is 19.4 Å². The number of amides is 4. The van der Waals surface area contributed by atoms with E-state index in [-0.39, 0.29) is 54.9 Å². The molecule has 3 N–H and O–H groups in total. The van der Waals surface area contributed by atoms with Crippen molar-refractivity contribution >= 4 is 42.4 Å². The molecule has 3 heterocycles. The number of phosphoric acid groups is 1. The summed E-state index contributed by atoms with van der Waals surface area (Å²) in [6.45, 7) is 9.40. The van der Waals surface area contributed by atoms with Crippen molar-refractivity contribution in [3.63, 3.8) is 0 Å². The third-order valence-electron chi connectivity index (χ3n) is 9.60. The number of para-hydroxylation sites is 1. The van der Waals surface area contributed by atoms with Gasteiger partial charge in [-0.2, -0.15) is 0 Å². The molecule has 1 atom stereocenters. The van der Waals surface area contributed by atoms with Gasteiger partial charge in [0.15, 0.2) is 5.78 Å². The first kappa shape index (κ1) is 38.5. The highest BCUT2D eigenvalue weighted by atomic mass is 31.2. The summed E-state index contributed by atoms with van der Waals surface area (Å²) >= 11 is 0. The lowest BCUT2D eigenvalue weighted by atomic mass is 10.0. The molecule has 284 valence electrons. The lowest BCUT2D eigenvalue weighted by Crippen LogP contribution is -2.73. The fourth-order valence-corrected chi connectivity index (χ4v) is 7.21. The number of Topliss-reactive ketones (excluding diaryl/α,β-unsaturated/α-hetero) is 1. The van der Waals surface area contributed by atoms with Gasteiger partial charge in [0.1, 0.15) is 18.5 Å². The van der Waals surface area contributed by atoms with Crippen molar-refractivity contribution < 1.29 is 38.1 Å². The number of aromatic nitrogens is 1. The van der Waals surface area contributed by atoms with E-state index < -0.39 is 14.0 Å². The van der Waals surface area contributed by atoms with Crippen LogP contribution in [0, 0.1) is 12.8 Å². The van der Waals surface area contributed by atoms with Crippen LogP contribution in [-0.2, 0) is 33.8 Å². The summed E-state index contributed by atoms with van der Waals surface area (Å²) in [7, 11) is -4.40. The van der Waals surface area contributed by atoms with Crippen molar-refractivity contribution in [1.82, 2.24) is 29.7 Å². The highest BCUT2D eigenvalue weighted by Crippen LogP contribution is 2.38. The normalized spacial score (nSPS) is 17.5. The molecule has 4 amide bonds. The molecule has 7 rings (SSSR count). The van der Waals surface area contributed by atoms with Crippen LogP contribution in [0.4, 0.5) is 4.79 Å². The van der Waals surface area contributed by atoms with E-state index >= 15 is 0 Å². The largest absolute Gasteiger partial charge is 0.524 e. The molecule has 0 bridgehead atoms. The maximum atomic E-state index is 13.6. The number of hydrogen-bond acceptors (Lipinski definition) is 7. The van der Waals surface area contributed by atoms with E-state index in [0.29, 0.717) is 26.2 Å². The summed E-state index contributed by atoms with van der Waals surface area (Å²) in [6, 6.07) is 21.6. The van der Waals surface area contributed by atoms with Gasteiger partial charge in [-0.05, 0) is 49.9 Å². The van der Waals surface area contributed by atoms with Gasteiger partial charge < -0.3 is 24.2 Å². The quantitative estimate of drug-likeness (QED) is 0.110.